The van der Waals surface area contributed by atoms with E-state index in [1.165, 1.54) is 6.08 Å². The number of carbonyl (C=O) groups is 1. The number of hydrogen-bond donors (Lipinski definition) is 1. The van der Waals surface area contributed by atoms with Crippen LogP contribution in [0.1, 0.15) is 19.8 Å². The number of allylic oxidation sites excluding steroid dienone is 3. The van der Waals surface area contributed by atoms with Crippen molar-refractivity contribution in [2.24, 2.45) is 0 Å². The van der Waals surface area contributed by atoms with Gasteiger partial charge in [0.1, 0.15) is 12.0 Å². The van der Waals surface area contributed by atoms with Crippen molar-refractivity contribution in [3.05, 3.63) is 35.8 Å². The highest BCUT2D eigenvalue weighted by Gasteiger charge is 2.31. The van der Waals surface area contributed by atoms with Gasteiger partial charge in [-0.1, -0.05) is 6.58 Å². The van der Waals surface area contributed by atoms with Gasteiger partial charge in [-0.05, 0) is 25.0 Å². The highest BCUT2D eigenvalue weighted by Crippen LogP contribution is 2.22. The van der Waals surface area contributed by atoms with Crippen LogP contribution in [0.5, 0.6) is 0 Å². The zero-order chi connectivity index (χ0) is 14.2. The Bertz CT molecular complexity index is 357. The second-order valence-electron chi connectivity index (χ2n) is 3.45. The van der Waals surface area contributed by atoms with Crippen LogP contribution in [0.25, 0.3) is 0 Å². The lowest BCUT2D eigenvalue weighted by atomic mass is 10.1. The minimum absolute atomic E-state index is 0.314. The molecular formula is C12H16F3NO2. The molecule has 0 amide bonds. The molecule has 0 aliphatic rings. The van der Waals surface area contributed by atoms with Crippen LogP contribution in [0.3, 0.4) is 0 Å². The van der Waals surface area contributed by atoms with Crippen molar-refractivity contribution in [3.63, 3.8) is 0 Å². The Hall–Kier alpha value is -1.72. The van der Waals surface area contributed by atoms with Crippen molar-refractivity contribution in [2.75, 3.05) is 7.05 Å². The van der Waals surface area contributed by atoms with Crippen LogP contribution in [0.4, 0.5) is 13.2 Å². The van der Waals surface area contributed by atoms with Crippen molar-refractivity contribution < 1.29 is 22.7 Å². The molecule has 0 aromatic rings. The van der Waals surface area contributed by atoms with Gasteiger partial charge < -0.3 is 14.8 Å². The van der Waals surface area contributed by atoms with E-state index in [-0.39, 0.29) is 0 Å². The van der Waals surface area contributed by atoms with E-state index in [0.29, 0.717) is 18.5 Å². The van der Waals surface area contributed by atoms with Gasteiger partial charge in [-0.3, -0.25) is 0 Å². The fourth-order valence-corrected chi connectivity index (χ4v) is 1.22. The molecule has 0 saturated carbocycles. The predicted molar refractivity (Wildman–Crippen MR) is 62.5 cm³/mol. The molecule has 0 heterocycles. The first-order valence-electron chi connectivity index (χ1n) is 5.25. The second-order valence-corrected chi connectivity index (χ2v) is 3.45. The summed E-state index contributed by atoms with van der Waals surface area (Å²) in [6, 6.07) is 0. The lowest BCUT2D eigenvalue weighted by molar-refractivity contribution is -0.303. The van der Waals surface area contributed by atoms with Crippen LogP contribution in [-0.2, 0) is 9.53 Å². The first-order chi connectivity index (χ1) is 8.34. The number of alkyl halides is 3. The monoisotopic (exact) mass is 263 g/mol. The third-order valence-corrected chi connectivity index (χ3v) is 2.09. The Morgan fingerprint density at radius 1 is 1.44 bits per heavy atom. The Morgan fingerprint density at radius 3 is 2.44 bits per heavy atom. The number of halogens is 3. The number of nitrogens with one attached hydrogen (secondary N) is 1. The smallest absolute Gasteiger partial charge is 0.406 e. The van der Waals surface area contributed by atoms with Crippen LogP contribution in [0, 0.1) is 0 Å². The van der Waals surface area contributed by atoms with Crippen LogP contribution >= 0.6 is 0 Å². The number of rotatable bonds is 7. The molecule has 102 valence electrons. The largest absolute Gasteiger partial charge is 0.573 e. The van der Waals surface area contributed by atoms with Gasteiger partial charge in [-0.2, -0.15) is 0 Å². The first kappa shape index (κ1) is 16.3. The molecular weight excluding hydrogens is 247 g/mol. The van der Waals surface area contributed by atoms with Gasteiger partial charge in [0, 0.05) is 25.2 Å². The maximum Gasteiger partial charge on any atom is 0.573 e. The van der Waals surface area contributed by atoms with E-state index in [4.69, 9.17) is 0 Å². The molecule has 0 aliphatic carbocycles. The van der Waals surface area contributed by atoms with Crippen LogP contribution < -0.4 is 5.32 Å². The minimum Gasteiger partial charge on any atom is -0.406 e. The van der Waals surface area contributed by atoms with Crippen molar-refractivity contribution in [3.8, 4) is 0 Å². The van der Waals surface area contributed by atoms with Gasteiger partial charge in [0.15, 0.2) is 0 Å². The van der Waals surface area contributed by atoms with Crippen molar-refractivity contribution in [1.82, 2.24) is 5.32 Å². The maximum atomic E-state index is 12.1. The molecule has 0 bridgehead atoms. The van der Waals surface area contributed by atoms with E-state index >= 15 is 0 Å². The Labute approximate surface area is 104 Å². The van der Waals surface area contributed by atoms with Crippen LogP contribution in [-0.4, -0.2) is 19.7 Å². The summed E-state index contributed by atoms with van der Waals surface area (Å²) in [5.74, 6) is -0.405. The lowest BCUT2D eigenvalue weighted by Crippen LogP contribution is -2.14. The van der Waals surface area contributed by atoms with Crippen molar-refractivity contribution in [2.45, 2.75) is 26.1 Å². The highest BCUT2D eigenvalue weighted by molar-refractivity contribution is 5.50. The molecule has 0 aromatic heterocycles. The SMILES string of the molecule is C=C/C(=C\C(NC)=C(/C)CCC=O)OC(F)(F)F. The molecule has 0 radical (unpaired) electrons. The third kappa shape index (κ3) is 6.78. The summed E-state index contributed by atoms with van der Waals surface area (Å²) in [5.41, 5.74) is 1.23. The minimum atomic E-state index is -4.75. The molecule has 0 spiro atoms. The van der Waals surface area contributed by atoms with Crippen LogP contribution in [0.15, 0.2) is 35.8 Å². The van der Waals surface area contributed by atoms with Crippen molar-refractivity contribution in [1.29, 1.82) is 0 Å². The number of ether oxygens (including phenoxy) is 1. The van der Waals surface area contributed by atoms with Gasteiger partial charge in [-0.25, -0.2) is 0 Å². The summed E-state index contributed by atoms with van der Waals surface area (Å²) >= 11 is 0. The molecule has 0 rings (SSSR count). The van der Waals surface area contributed by atoms with Gasteiger partial charge >= 0.3 is 6.36 Å². The molecule has 3 nitrogen and oxygen atoms in total. The predicted octanol–water partition coefficient (Wildman–Crippen LogP) is 3.07. The first-order valence-corrected chi connectivity index (χ1v) is 5.25. The average Bonchev–Trinajstić information content (AvgIpc) is 2.29. The van der Waals surface area contributed by atoms with E-state index < -0.39 is 12.1 Å². The number of likely N-dealkylation sites (N-methyl/N-ethyl adjacent to an activating group) is 1. The molecule has 0 aliphatic heterocycles. The molecule has 6 heteroatoms. The third-order valence-electron chi connectivity index (χ3n) is 2.09. The Kier molecular flexibility index (Phi) is 6.85. The van der Waals surface area contributed by atoms with Gasteiger partial charge in [0.05, 0.1) is 0 Å². The van der Waals surface area contributed by atoms with E-state index in [9.17, 15) is 18.0 Å². The van der Waals surface area contributed by atoms with Gasteiger partial charge in [0.25, 0.3) is 0 Å². The van der Waals surface area contributed by atoms with Gasteiger partial charge in [-0.15, -0.1) is 13.2 Å². The van der Waals surface area contributed by atoms with E-state index in [1.54, 1.807) is 14.0 Å². The molecule has 1 N–H and O–H groups in total. The quantitative estimate of drug-likeness (QED) is 0.436. The zero-order valence-corrected chi connectivity index (χ0v) is 10.3. The fraction of sp³-hybridized carbons (Fsp3) is 0.417. The standard InChI is InChI=1S/C12H16F3NO2/c1-4-10(18-12(13,14)15)8-11(16-3)9(2)6-5-7-17/h4,7-8,16H,1,5-6H2,2-3H3/b10-8+,11-9-. The van der Waals surface area contributed by atoms with E-state index in [2.05, 4.69) is 16.6 Å². The average molecular weight is 263 g/mol. The summed E-state index contributed by atoms with van der Waals surface area (Å²) in [6.45, 7) is 4.98. The fourth-order valence-electron chi connectivity index (χ4n) is 1.22. The van der Waals surface area contributed by atoms with E-state index in [1.807, 2.05) is 0 Å². The molecule has 18 heavy (non-hydrogen) atoms. The normalized spacial score (nSPS) is 13.7. The lowest BCUT2D eigenvalue weighted by Gasteiger charge is -2.12. The number of carbonyl (C=O) groups excluding carboxylic acids is 1. The highest BCUT2D eigenvalue weighted by atomic mass is 19.4. The summed E-state index contributed by atoms with van der Waals surface area (Å²) < 4.78 is 39.9. The second kappa shape index (κ2) is 7.58. The molecule has 0 aromatic carbocycles. The summed E-state index contributed by atoms with van der Waals surface area (Å²) in [4.78, 5) is 10.2. The molecule has 0 unspecified atom stereocenters. The molecule has 0 atom stereocenters. The number of aldehydes is 1. The Morgan fingerprint density at radius 2 is 2.06 bits per heavy atom. The topological polar surface area (TPSA) is 38.3 Å². The summed E-state index contributed by atoms with van der Waals surface area (Å²) in [7, 11) is 1.57. The molecule has 0 fully saturated rings. The van der Waals surface area contributed by atoms with E-state index in [0.717, 1.165) is 17.9 Å². The zero-order valence-electron chi connectivity index (χ0n) is 10.3. The molecule has 0 saturated heterocycles. The van der Waals surface area contributed by atoms with Gasteiger partial charge in [0.2, 0.25) is 0 Å². The number of hydrogen-bond acceptors (Lipinski definition) is 3. The Balaban J connectivity index is 5.04. The maximum absolute atomic E-state index is 12.1. The van der Waals surface area contributed by atoms with Crippen LogP contribution in [0.2, 0.25) is 0 Å². The summed E-state index contributed by atoms with van der Waals surface area (Å²) in [5, 5.41) is 2.75. The summed E-state index contributed by atoms with van der Waals surface area (Å²) in [6.07, 6.45) is -1.06. The van der Waals surface area contributed by atoms with Crippen molar-refractivity contribution >= 4 is 6.29 Å².